The molecule has 0 radical (unpaired) electrons. The number of aromatic nitrogens is 2. The second-order valence-corrected chi connectivity index (χ2v) is 6.92. The number of carbonyl (C=O) groups is 1. The number of rotatable bonds is 5. The fourth-order valence-electron chi connectivity index (χ4n) is 3.18. The summed E-state index contributed by atoms with van der Waals surface area (Å²) in [6.45, 7) is 3.99. The number of H-pyrrole nitrogens is 1. The van der Waals surface area contributed by atoms with Crippen molar-refractivity contribution in [3.05, 3.63) is 89.6 Å². The topological polar surface area (TPSA) is 70.1 Å². The Morgan fingerprint density at radius 2 is 1.76 bits per heavy atom. The van der Waals surface area contributed by atoms with Crippen LogP contribution in [-0.4, -0.2) is 21.8 Å². The van der Waals surface area contributed by atoms with Crippen molar-refractivity contribution in [1.82, 2.24) is 15.6 Å². The Kier molecular flexibility index (Phi) is 5.20. The van der Waals surface area contributed by atoms with Gasteiger partial charge in [0.15, 0.2) is 0 Å². The van der Waals surface area contributed by atoms with Crippen LogP contribution in [-0.2, 0) is 6.42 Å². The zero-order valence-corrected chi connectivity index (χ0v) is 16.4. The Bertz CT molecular complexity index is 1190. The van der Waals surface area contributed by atoms with Crippen LogP contribution in [0.1, 0.15) is 35.5 Å². The molecular weight excluding hydrogens is 360 g/mol. The van der Waals surface area contributed by atoms with Gasteiger partial charge in [0.1, 0.15) is 5.69 Å². The normalized spacial score (nSPS) is 11.6. The summed E-state index contributed by atoms with van der Waals surface area (Å²) >= 11 is 0. The minimum absolute atomic E-state index is 0.325. The average Bonchev–Trinajstić information content (AvgIpc) is 3.27. The quantitative estimate of drug-likeness (QED) is 0.379. The van der Waals surface area contributed by atoms with Crippen LogP contribution in [0.2, 0.25) is 0 Å². The standard InChI is InChI=1S/C24H22N4O/c1-3-17-8-10-18(11-9-17)16(2)25-28-24(29)23-15-22(26-27-23)21-13-12-19-6-4-5-7-20(19)14-21/h4-15H,3H2,1-2H3,(H,26,27)(H,28,29). The largest absolute Gasteiger partial charge is 0.289 e. The highest BCUT2D eigenvalue weighted by Crippen LogP contribution is 2.23. The first-order chi connectivity index (χ1) is 14.1. The summed E-state index contributed by atoms with van der Waals surface area (Å²) < 4.78 is 0. The summed E-state index contributed by atoms with van der Waals surface area (Å²) in [5.41, 5.74) is 7.63. The minimum atomic E-state index is -0.325. The van der Waals surface area contributed by atoms with E-state index in [2.05, 4.69) is 64.0 Å². The minimum Gasteiger partial charge on any atom is -0.272 e. The maximum Gasteiger partial charge on any atom is 0.289 e. The van der Waals surface area contributed by atoms with Gasteiger partial charge in [-0.25, -0.2) is 5.43 Å². The molecule has 3 aromatic carbocycles. The molecule has 1 heterocycles. The molecule has 0 fully saturated rings. The molecule has 2 N–H and O–H groups in total. The first-order valence-corrected chi connectivity index (χ1v) is 9.62. The molecule has 0 saturated carbocycles. The third-order valence-corrected chi connectivity index (χ3v) is 4.97. The monoisotopic (exact) mass is 382 g/mol. The molecule has 4 aromatic rings. The predicted octanol–water partition coefficient (Wildman–Crippen LogP) is 4.95. The van der Waals surface area contributed by atoms with Crippen molar-refractivity contribution in [2.75, 3.05) is 0 Å². The second kappa shape index (κ2) is 8.10. The summed E-state index contributed by atoms with van der Waals surface area (Å²) in [7, 11) is 0. The molecule has 0 aliphatic heterocycles. The number of aromatic amines is 1. The van der Waals surface area contributed by atoms with Gasteiger partial charge in [-0.15, -0.1) is 0 Å². The SMILES string of the molecule is CCc1ccc(C(C)=NNC(=O)c2cc(-c3ccc4ccccc4c3)n[nH]2)cc1. The van der Waals surface area contributed by atoms with Gasteiger partial charge >= 0.3 is 0 Å². The van der Waals surface area contributed by atoms with Crippen LogP contribution in [0.5, 0.6) is 0 Å². The molecule has 1 aromatic heterocycles. The van der Waals surface area contributed by atoms with Crippen molar-refractivity contribution in [3.63, 3.8) is 0 Å². The van der Waals surface area contributed by atoms with Crippen LogP contribution in [0.25, 0.3) is 22.0 Å². The van der Waals surface area contributed by atoms with E-state index in [0.29, 0.717) is 5.69 Å². The van der Waals surface area contributed by atoms with Crippen LogP contribution in [0.3, 0.4) is 0 Å². The highest BCUT2D eigenvalue weighted by molar-refractivity contribution is 6.00. The molecule has 0 atom stereocenters. The third kappa shape index (κ3) is 4.09. The van der Waals surface area contributed by atoms with E-state index in [1.54, 1.807) is 6.07 Å². The molecule has 0 aliphatic carbocycles. The van der Waals surface area contributed by atoms with Gasteiger partial charge < -0.3 is 0 Å². The Morgan fingerprint density at radius 1 is 1.00 bits per heavy atom. The van der Waals surface area contributed by atoms with E-state index >= 15 is 0 Å². The molecule has 0 saturated heterocycles. The van der Waals surface area contributed by atoms with Crippen LogP contribution in [0, 0.1) is 0 Å². The molecule has 0 unspecified atom stereocenters. The summed E-state index contributed by atoms with van der Waals surface area (Å²) in [6, 6.07) is 24.2. The van der Waals surface area contributed by atoms with Gasteiger partial charge in [-0.3, -0.25) is 9.89 Å². The van der Waals surface area contributed by atoms with Crippen molar-refractivity contribution < 1.29 is 4.79 Å². The smallest absolute Gasteiger partial charge is 0.272 e. The number of nitrogens with one attached hydrogen (secondary N) is 2. The van der Waals surface area contributed by atoms with E-state index in [4.69, 9.17) is 0 Å². The first-order valence-electron chi connectivity index (χ1n) is 9.62. The number of nitrogens with zero attached hydrogens (tertiary/aromatic N) is 2. The molecule has 5 heteroatoms. The molecule has 0 bridgehead atoms. The number of carbonyl (C=O) groups excluding carboxylic acids is 1. The van der Waals surface area contributed by atoms with Gasteiger partial charge in [0.2, 0.25) is 0 Å². The number of hydrogen-bond donors (Lipinski definition) is 2. The molecule has 29 heavy (non-hydrogen) atoms. The number of hydrazone groups is 1. The van der Waals surface area contributed by atoms with Crippen molar-refractivity contribution in [2.45, 2.75) is 20.3 Å². The molecule has 0 spiro atoms. The molecule has 4 rings (SSSR count). The number of benzene rings is 3. The lowest BCUT2D eigenvalue weighted by Gasteiger charge is -2.03. The van der Waals surface area contributed by atoms with E-state index in [1.807, 2.05) is 37.3 Å². The van der Waals surface area contributed by atoms with E-state index < -0.39 is 0 Å². The van der Waals surface area contributed by atoms with Crippen molar-refractivity contribution >= 4 is 22.4 Å². The Morgan fingerprint density at radius 3 is 2.52 bits per heavy atom. The number of fused-ring (bicyclic) bond motifs is 1. The maximum atomic E-state index is 12.4. The molecule has 5 nitrogen and oxygen atoms in total. The highest BCUT2D eigenvalue weighted by atomic mass is 16.2. The van der Waals surface area contributed by atoms with Crippen LogP contribution >= 0.6 is 0 Å². The fraction of sp³-hybridized carbons (Fsp3) is 0.125. The lowest BCUT2D eigenvalue weighted by Crippen LogP contribution is -2.19. The van der Waals surface area contributed by atoms with E-state index in [9.17, 15) is 4.79 Å². The maximum absolute atomic E-state index is 12.4. The Hall–Kier alpha value is -3.73. The zero-order chi connectivity index (χ0) is 20.2. The Labute approximate surface area is 169 Å². The third-order valence-electron chi connectivity index (χ3n) is 4.97. The van der Waals surface area contributed by atoms with Gasteiger partial charge in [-0.2, -0.15) is 10.2 Å². The highest BCUT2D eigenvalue weighted by Gasteiger charge is 2.11. The lowest BCUT2D eigenvalue weighted by atomic mass is 10.1. The fourth-order valence-corrected chi connectivity index (χ4v) is 3.18. The Balaban J connectivity index is 1.48. The van der Waals surface area contributed by atoms with Gasteiger partial charge in [0, 0.05) is 5.56 Å². The average molecular weight is 382 g/mol. The van der Waals surface area contributed by atoms with Crippen LogP contribution < -0.4 is 5.43 Å². The predicted molar refractivity (Wildman–Crippen MR) is 117 cm³/mol. The molecule has 144 valence electrons. The van der Waals surface area contributed by atoms with Gasteiger partial charge in [-0.05, 0) is 47.4 Å². The summed E-state index contributed by atoms with van der Waals surface area (Å²) in [5, 5.41) is 13.6. The van der Waals surface area contributed by atoms with E-state index in [0.717, 1.165) is 34.3 Å². The van der Waals surface area contributed by atoms with E-state index in [1.165, 1.54) is 10.9 Å². The summed E-state index contributed by atoms with van der Waals surface area (Å²) in [5.74, 6) is -0.325. The van der Waals surface area contributed by atoms with Crippen molar-refractivity contribution in [3.8, 4) is 11.3 Å². The summed E-state index contributed by atoms with van der Waals surface area (Å²) in [4.78, 5) is 12.4. The lowest BCUT2D eigenvalue weighted by molar-refractivity contribution is 0.0950. The number of amides is 1. The molecular formula is C24H22N4O. The number of aryl methyl sites for hydroxylation is 1. The second-order valence-electron chi connectivity index (χ2n) is 6.92. The van der Waals surface area contributed by atoms with Gasteiger partial charge in [0.25, 0.3) is 5.91 Å². The first kappa shape index (κ1) is 18.6. The van der Waals surface area contributed by atoms with Crippen LogP contribution in [0.15, 0.2) is 77.9 Å². The van der Waals surface area contributed by atoms with Crippen molar-refractivity contribution in [2.24, 2.45) is 5.10 Å². The summed E-state index contributed by atoms with van der Waals surface area (Å²) in [6.07, 6.45) is 0.993. The zero-order valence-electron chi connectivity index (χ0n) is 16.4. The number of hydrogen-bond acceptors (Lipinski definition) is 3. The van der Waals surface area contributed by atoms with Gasteiger partial charge in [0.05, 0.1) is 11.4 Å². The molecule has 0 aliphatic rings. The van der Waals surface area contributed by atoms with E-state index in [-0.39, 0.29) is 5.91 Å². The van der Waals surface area contributed by atoms with Crippen molar-refractivity contribution in [1.29, 1.82) is 0 Å². The molecule has 1 amide bonds. The van der Waals surface area contributed by atoms with Gasteiger partial charge in [-0.1, -0.05) is 67.6 Å². The van der Waals surface area contributed by atoms with Crippen LogP contribution in [0.4, 0.5) is 0 Å².